The summed E-state index contributed by atoms with van der Waals surface area (Å²) in [5.41, 5.74) is 4.64. The van der Waals surface area contributed by atoms with Crippen LogP contribution in [0.5, 0.6) is 5.88 Å². The van der Waals surface area contributed by atoms with E-state index in [1.807, 2.05) is 97.1 Å². The van der Waals surface area contributed by atoms with Gasteiger partial charge in [0.15, 0.2) is 6.61 Å². The average molecular weight is 395 g/mol. The Morgan fingerprint density at radius 3 is 2.13 bits per heavy atom. The van der Waals surface area contributed by atoms with E-state index in [1.165, 1.54) is 0 Å². The van der Waals surface area contributed by atoms with Crippen LogP contribution in [0.1, 0.15) is 5.56 Å². The number of hydrogen-bond donors (Lipinski definition) is 2. The maximum atomic E-state index is 12.2. The Morgan fingerprint density at radius 1 is 0.867 bits per heavy atom. The number of amides is 1. The molecular weight excluding hydrogens is 374 g/mol. The second-order valence-electron chi connectivity index (χ2n) is 6.61. The van der Waals surface area contributed by atoms with Gasteiger partial charge < -0.3 is 10.1 Å². The SMILES string of the molecule is O=C(COc1n[nH]c(-c2ccccc2)c1-c1ccccc1)NC=Cc1ccccc1. The summed E-state index contributed by atoms with van der Waals surface area (Å²) in [6.07, 6.45) is 3.44. The van der Waals surface area contributed by atoms with Gasteiger partial charge in [-0.05, 0) is 17.2 Å². The lowest BCUT2D eigenvalue weighted by atomic mass is 10.0. The molecule has 3 aromatic carbocycles. The first-order valence-corrected chi connectivity index (χ1v) is 9.64. The van der Waals surface area contributed by atoms with Crippen LogP contribution < -0.4 is 10.1 Å². The van der Waals surface area contributed by atoms with Gasteiger partial charge in [-0.15, -0.1) is 5.10 Å². The first-order chi connectivity index (χ1) is 14.8. The molecule has 148 valence electrons. The van der Waals surface area contributed by atoms with Gasteiger partial charge in [0.25, 0.3) is 5.91 Å². The number of carbonyl (C=O) groups excluding carboxylic acids is 1. The Bertz CT molecular complexity index is 1120. The minimum Gasteiger partial charge on any atom is -0.466 e. The smallest absolute Gasteiger partial charge is 0.261 e. The van der Waals surface area contributed by atoms with Crippen molar-refractivity contribution in [3.05, 3.63) is 103 Å². The van der Waals surface area contributed by atoms with Crippen molar-refractivity contribution < 1.29 is 9.53 Å². The lowest BCUT2D eigenvalue weighted by Crippen LogP contribution is -2.24. The molecule has 0 radical (unpaired) electrons. The molecular formula is C25H21N3O2. The number of benzene rings is 3. The minimum absolute atomic E-state index is 0.141. The Labute approximate surface area is 175 Å². The fourth-order valence-corrected chi connectivity index (χ4v) is 3.09. The highest BCUT2D eigenvalue weighted by Gasteiger charge is 2.18. The van der Waals surface area contributed by atoms with Crippen LogP contribution in [0.3, 0.4) is 0 Å². The van der Waals surface area contributed by atoms with Crippen LogP contribution >= 0.6 is 0 Å². The van der Waals surface area contributed by atoms with Gasteiger partial charge in [0.2, 0.25) is 5.88 Å². The maximum absolute atomic E-state index is 12.2. The molecule has 1 amide bonds. The highest BCUT2D eigenvalue weighted by atomic mass is 16.5. The quantitative estimate of drug-likeness (QED) is 0.467. The van der Waals surface area contributed by atoms with E-state index in [0.29, 0.717) is 5.88 Å². The zero-order chi connectivity index (χ0) is 20.6. The molecule has 30 heavy (non-hydrogen) atoms. The predicted octanol–water partition coefficient (Wildman–Crippen LogP) is 4.91. The highest BCUT2D eigenvalue weighted by Crippen LogP contribution is 2.37. The summed E-state index contributed by atoms with van der Waals surface area (Å²) in [5, 5.41) is 10.1. The molecule has 0 saturated heterocycles. The fraction of sp³-hybridized carbons (Fsp3) is 0.0400. The molecule has 0 aliphatic carbocycles. The molecule has 0 saturated carbocycles. The number of ether oxygens (including phenoxy) is 1. The lowest BCUT2D eigenvalue weighted by Gasteiger charge is -2.08. The molecule has 0 unspecified atom stereocenters. The summed E-state index contributed by atoms with van der Waals surface area (Å²) < 4.78 is 5.77. The number of nitrogens with one attached hydrogen (secondary N) is 2. The van der Waals surface area contributed by atoms with Crippen LogP contribution in [0.2, 0.25) is 0 Å². The van der Waals surface area contributed by atoms with E-state index in [2.05, 4.69) is 15.5 Å². The molecule has 5 heteroatoms. The van der Waals surface area contributed by atoms with Crippen molar-refractivity contribution in [1.29, 1.82) is 0 Å². The van der Waals surface area contributed by atoms with Crippen molar-refractivity contribution >= 4 is 12.0 Å². The van der Waals surface area contributed by atoms with Gasteiger partial charge in [-0.2, -0.15) is 0 Å². The van der Waals surface area contributed by atoms with Crippen LogP contribution in [0.15, 0.2) is 97.2 Å². The molecule has 0 fully saturated rings. The van der Waals surface area contributed by atoms with Gasteiger partial charge in [0.1, 0.15) is 0 Å². The molecule has 1 heterocycles. The first kappa shape index (κ1) is 19.2. The summed E-state index contributed by atoms with van der Waals surface area (Å²) in [5.74, 6) is 0.132. The normalized spacial score (nSPS) is 10.8. The molecule has 2 N–H and O–H groups in total. The zero-order valence-corrected chi connectivity index (χ0v) is 16.3. The molecule has 5 nitrogen and oxygen atoms in total. The molecule has 0 bridgehead atoms. The second-order valence-corrected chi connectivity index (χ2v) is 6.61. The number of H-pyrrole nitrogens is 1. The summed E-state index contributed by atoms with van der Waals surface area (Å²) >= 11 is 0. The monoisotopic (exact) mass is 395 g/mol. The molecule has 0 aliphatic heterocycles. The lowest BCUT2D eigenvalue weighted by molar-refractivity contribution is -0.122. The van der Waals surface area contributed by atoms with E-state index >= 15 is 0 Å². The van der Waals surface area contributed by atoms with E-state index in [-0.39, 0.29) is 12.5 Å². The predicted molar refractivity (Wildman–Crippen MR) is 119 cm³/mol. The van der Waals surface area contributed by atoms with Crippen LogP contribution in [0.25, 0.3) is 28.5 Å². The number of rotatable bonds is 7. The number of aromatic amines is 1. The Morgan fingerprint density at radius 2 is 1.47 bits per heavy atom. The summed E-state index contributed by atoms with van der Waals surface area (Å²) in [6.45, 7) is -0.141. The van der Waals surface area contributed by atoms with Gasteiger partial charge in [-0.25, -0.2) is 0 Å². The van der Waals surface area contributed by atoms with E-state index in [4.69, 9.17) is 4.74 Å². The van der Waals surface area contributed by atoms with Gasteiger partial charge in [0.05, 0.1) is 11.3 Å². The third-order valence-electron chi connectivity index (χ3n) is 4.52. The number of carbonyl (C=O) groups is 1. The van der Waals surface area contributed by atoms with E-state index in [1.54, 1.807) is 6.20 Å². The van der Waals surface area contributed by atoms with E-state index < -0.39 is 0 Å². The van der Waals surface area contributed by atoms with Crippen molar-refractivity contribution in [1.82, 2.24) is 15.5 Å². The van der Waals surface area contributed by atoms with Gasteiger partial charge in [-0.3, -0.25) is 9.89 Å². The van der Waals surface area contributed by atoms with Crippen LogP contribution in [-0.2, 0) is 4.79 Å². The molecule has 1 aromatic heterocycles. The summed E-state index contributed by atoms with van der Waals surface area (Å²) in [7, 11) is 0. The fourth-order valence-electron chi connectivity index (χ4n) is 3.09. The molecule has 4 aromatic rings. The van der Waals surface area contributed by atoms with Crippen molar-refractivity contribution in [2.24, 2.45) is 0 Å². The van der Waals surface area contributed by atoms with Crippen molar-refractivity contribution in [2.45, 2.75) is 0 Å². The van der Waals surface area contributed by atoms with E-state index in [9.17, 15) is 4.79 Å². The zero-order valence-electron chi connectivity index (χ0n) is 16.3. The molecule has 0 spiro atoms. The van der Waals surface area contributed by atoms with Crippen LogP contribution in [0.4, 0.5) is 0 Å². The summed E-state index contributed by atoms with van der Waals surface area (Å²) in [4.78, 5) is 12.2. The van der Waals surface area contributed by atoms with Gasteiger partial charge in [-0.1, -0.05) is 91.0 Å². The standard InChI is InChI=1S/C25H21N3O2/c29-22(26-17-16-19-10-4-1-5-11-19)18-30-25-23(20-12-6-2-7-13-20)24(27-28-25)21-14-8-3-9-15-21/h1-17H,18H2,(H,26,29)(H,27,28). The van der Waals surface area contributed by atoms with E-state index in [0.717, 1.165) is 27.9 Å². The third-order valence-corrected chi connectivity index (χ3v) is 4.52. The summed E-state index contributed by atoms with van der Waals surface area (Å²) in [6, 6.07) is 29.5. The number of aromatic nitrogens is 2. The Hall–Kier alpha value is -4.12. The van der Waals surface area contributed by atoms with Crippen LogP contribution in [-0.4, -0.2) is 22.7 Å². The van der Waals surface area contributed by atoms with Crippen LogP contribution in [0, 0.1) is 0 Å². The maximum Gasteiger partial charge on any atom is 0.261 e. The molecule has 0 atom stereocenters. The van der Waals surface area contributed by atoms with Crippen molar-refractivity contribution in [2.75, 3.05) is 6.61 Å². The number of nitrogens with zero attached hydrogens (tertiary/aromatic N) is 1. The Balaban J connectivity index is 1.49. The largest absolute Gasteiger partial charge is 0.466 e. The van der Waals surface area contributed by atoms with Crippen molar-refractivity contribution in [3.63, 3.8) is 0 Å². The van der Waals surface area contributed by atoms with Gasteiger partial charge in [0, 0.05) is 11.8 Å². The average Bonchev–Trinajstić information content (AvgIpc) is 3.23. The number of hydrogen-bond acceptors (Lipinski definition) is 3. The molecule has 4 rings (SSSR count). The third kappa shape index (κ3) is 4.64. The van der Waals surface area contributed by atoms with Gasteiger partial charge >= 0.3 is 0 Å². The van der Waals surface area contributed by atoms with Crippen molar-refractivity contribution in [3.8, 4) is 28.3 Å². The molecule has 0 aliphatic rings. The topological polar surface area (TPSA) is 67.0 Å². The second kappa shape index (κ2) is 9.39. The first-order valence-electron chi connectivity index (χ1n) is 9.64. The highest BCUT2D eigenvalue weighted by molar-refractivity contribution is 5.85. The minimum atomic E-state index is -0.259. The Kier molecular flexibility index (Phi) is 6.01.